The Morgan fingerprint density at radius 1 is 1.45 bits per heavy atom. The molecule has 0 saturated carbocycles. The lowest BCUT2D eigenvalue weighted by Gasteiger charge is -2.24. The van der Waals surface area contributed by atoms with E-state index in [1.54, 1.807) is 12.0 Å². The maximum absolute atomic E-state index is 12.4. The van der Waals surface area contributed by atoms with E-state index in [-0.39, 0.29) is 17.2 Å². The van der Waals surface area contributed by atoms with Gasteiger partial charge in [0.05, 0.1) is 12.2 Å². The van der Waals surface area contributed by atoms with Crippen LogP contribution in [0.5, 0.6) is 0 Å². The van der Waals surface area contributed by atoms with Gasteiger partial charge in [-0.05, 0) is 18.1 Å². The maximum Gasteiger partial charge on any atom is 0.335 e. The van der Waals surface area contributed by atoms with Gasteiger partial charge in [0.15, 0.2) is 0 Å². The standard InChI is InChI=1S/C14H20N2O4/c1-10(2)9-16(6-7-20-3)13(17)12-8-11(14(18)19)4-5-15-12/h4-5,8,10H,6-7,9H2,1-3H3,(H,18,19). The SMILES string of the molecule is COCCN(CC(C)C)C(=O)c1cc(C(=O)O)ccn1. The zero-order chi connectivity index (χ0) is 15.1. The van der Waals surface area contributed by atoms with Crippen LogP contribution < -0.4 is 0 Å². The molecule has 0 aromatic carbocycles. The van der Waals surface area contributed by atoms with Crippen LogP contribution in [0, 0.1) is 5.92 Å². The molecule has 110 valence electrons. The topological polar surface area (TPSA) is 79.7 Å². The van der Waals surface area contributed by atoms with E-state index in [0.717, 1.165) is 0 Å². The molecule has 1 N–H and O–H groups in total. The van der Waals surface area contributed by atoms with Gasteiger partial charge in [0.2, 0.25) is 0 Å². The molecule has 0 fully saturated rings. The van der Waals surface area contributed by atoms with Crippen LogP contribution in [-0.4, -0.2) is 53.7 Å². The monoisotopic (exact) mass is 280 g/mol. The highest BCUT2D eigenvalue weighted by atomic mass is 16.5. The number of aromatic carboxylic acids is 1. The molecule has 0 unspecified atom stereocenters. The van der Waals surface area contributed by atoms with Gasteiger partial charge in [-0.15, -0.1) is 0 Å². The average molecular weight is 280 g/mol. The van der Waals surface area contributed by atoms with Crippen molar-refractivity contribution in [3.8, 4) is 0 Å². The third kappa shape index (κ3) is 4.62. The first-order valence-corrected chi connectivity index (χ1v) is 6.43. The molecular formula is C14H20N2O4. The fourth-order valence-corrected chi connectivity index (χ4v) is 1.76. The highest BCUT2D eigenvalue weighted by molar-refractivity contribution is 5.95. The first-order chi connectivity index (χ1) is 9.45. The van der Waals surface area contributed by atoms with Gasteiger partial charge in [-0.2, -0.15) is 0 Å². The fourth-order valence-electron chi connectivity index (χ4n) is 1.76. The lowest BCUT2D eigenvalue weighted by molar-refractivity contribution is 0.0666. The molecule has 0 aliphatic heterocycles. The van der Waals surface area contributed by atoms with Crippen molar-refractivity contribution >= 4 is 11.9 Å². The molecule has 1 aromatic rings. The minimum Gasteiger partial charge on any atom is -0.478 e. The Bertz CT molecular complexity index is 474. The van der Waals surface area contributed by atoms with Crippen molar-refractivity contribution in [2.24, 2.45) is 5.92 Å². The van der Waals surface area contributed by atoms with E-state index in [1.165, 1.54) is 18.3 Å². The highest BCUT2D eigenvalue weighted by Crippen LogP contribution is 2.08. The van der Waals surface area contributed by atoms with Gasteiger partial charge in [0, 0.05) is 26.4 Å². The maximum atomic E-state index is 12.4. The smallest absolute Gasteiger partial charge is 0.335 e. The Labute approximate surface area is 118 Å². The summed E-state index contributed by atoms with van der Waals surface area (Å²) < 4.78 is 4.99. The molecule has 6 nitrogen and oxygen atoms in total. The van der Waals surface area contributed by atoms with E-state index in [2.05, 4.69) is 4.98 Å². The van der Waals surface area contributed by atoms with Crippen LogP contribution >= 0.6 is 0 Å². The van der Waals surface area contributed by atoms with Crippen LogP contribution in [0.4, 0.5) is 0 Å². The molecule has 0 saturated heterocycles. The van der Waals surface area contributed by atoms with E-state index in [4.69, 9.17) is 9.84 Å². The average Bonchev–Trinajstić information content (AvgIpc) is 2.42. The third-order valence-electron chi connectivity index (χ3n) is 2.66. The fraction of sp³-hybridized carbons (Fsp3) is 0.500. The van der Waals surface area contributed by atoms with Gasteiger partial charge >= 0.3 is 5.97 Å². The number of carboxylic acids is 1. The van der Waals surface area contributed by atoms with Crippen LogP contribution in [-0.2, 0) is 4.74 Å². The molecule has 1 heterocycles. The number of pyridine rings is 1. The number of carboxylic acid groups (broad SMARTS) is 1. The highest BCUT2D eigenvalue weighted by Gasteiger charge is 2.19. The van der Waals surface area contributed by atoms with Crippen LogP contribution in [0.15, 0.2) is 18.3 Å². The summed E-state index contributed by atoms with van der Waals surface area (Å²) in [4.78, 5) is 28.9. The van der Waals surface area contributed by atoms with Crippen LogP contribution in [0.2, 0.25) is 0 Å². The Hall–Kier alpha value is -1.95. The molecule has 0 atom stereocenters. The molecule has 0 bridgehead atoms. The molecule has 20 heavy (non-hydrogen) atoms. The van der Waals surface area contributed by atoms with E-state index in [0.29, 0.717) is 25.6 Å². The first-order valence-electron chi connectivity index (χ1n) is 6.43. The zero-order valence-electron chi connectivity index (χ0n) is 12.0. The Balaban J connectivity index is 2.92. The second-order valence-corrected chi connectivity index (χ2v) is 4.87. The predicted molar refractivity (Wildman–Crippen MR) is 73.8 cm³/mol. The van der Waals surface area contributed by atoms with Crippen molar-refractivity contribution in [3.63, 3.8) is 0 Å². The summed E-state index contributed by atoms with van der Waals surface area (Å²) in [6, 6.07) is 2.66. The summed E-state index contributed by atoms with van der Waals surface area (Å²) in [6.45, 7) is 5.47. The van der Waals surface area contributed by atoms with E-state index in [1.807, 2.05) is 13.8 Å². The first kappa shape index (κ1) is 16.1. The van der Waals surface area contributed by atoms with E-state index >= 15 is 0 Å². The largest absolute Gasteiger partial charge is 0.478 e. The molecule has 0 radical (unpaired) electrons. The minimum absolute atomic E-state index is 0.0552. The zero-order valence-corrected chi connectivity index (χ0v) is 12.0. The Morgan fingerprint density at radius 3 is 2.70 bits per heavy atom. The Morgan fingerprint density at radius 2 is 2.15 bits per heavy atom. The lowest BCUT2D eigenvalue weighted by Crippen LogP contribution is -2.37. The lowest BCUT2D eigenvalue weighted by atomic mass is 10.1. The van der Waals surface area contributed by atoms with E-state index < -0.39 is 5.97 Å². The van der Waals surface area contributed by atoms with Gasteiger partial charge in [-0.25, -0.2) is 4.79 Å². The summed E-state index contributed by atoms with van der Waals surface area (Å²) >= 11 is 0. The number of nitrogens with zero attached hydrogens (tertiary/aromatic N) is 2. The number of hydrogen-bond donors (Lipinski definition) is 1. The molecule has 0 aliphatic carbocycles. The van der Waals surface area contributed by atoms with Crippen LogP contribution in [0.3, 0.4) is 0 Å². The predicted octanol–water partition coefficient (Wildman–Crippen LogP) is 1.52. The second kappa shape index (κ2) is 7.59. The summed E-state index contributed by atoms with van der Waals surface area (Å²) in [7, 11) is 1.57. The van der Waals surface area contributed by atoms with Gasteiger partial charge in [-0.1, -0.05) is 13.8 Å². The van der Waals surface area contributed by atoms with E-state index in [9.17, 15) is 9.59 Å². The normalized spacial score (nSPS) is 10.6. The number of carbonyl (C=O) groups excluding carboxylic acids is 1. The summed E-state index contributed by atoms with van der Waals surface area (Å²) in [5, 5.41) is 8.94. The van der Waals surface area contributed by atoms with Crippen molar-refractivity contribution < 1.29 is 19.4 Å². The van der Waals surface area contributed by atoms with Crippen molar-refractivity contribution in [2.45, 2.75) is 13.8 Å². The molecule has 1 aromatic heterocycles. The second-order valence-electron chi connectivity index (χ2n) is 4.87. The van der Waals surface area contributed by atoms with Gasteiger partial charge in [0.25, 0.3) is 5.91 Å². The number of hydrogen-bond acceptors (Lipinski definition) is 4. The van der Waals surface area contributed by atoms with Gasteiger partial charge < -0.3 is 14.7 Å². The molecule has 1 amide bonds. The third-order valence-corrected chi connectivity index (χ3v) is 2.66. The number of carbonyl (C=O) groups is 2. The molecule has 0 aliphatic rings. The van der Waals surface area contributed by atoms with Crippen LogP contribution in [0.1, 0.15) is 34.7 Å². The van der Waals surface area contributed by atoms with Crippen molar-refractivity contribution in [1.29, 1.82) is 0 Å². The van der Waals surface area contributed by atoms with Crippen molar-refractivity contribution in [3.05, 3.63) is 29.6 Å². The molecular weight excluding hydrogens is 260 g/mol. The summed E-state index contributed by atoms with van der Waals surface area (Å²) in [5.41, 5.74) is 0.196. The molecule has 1 rings (SSSR count). The molecule has 6 heteroatoms. The van der Waals surface area contributed by atoms with Crippen molar-refractivity contribution in [1.82, 2.24) is 9.88 Å². The number of amides is 1. The Kier molecular flexibility index (Phi) is 6.11. The number of aromatic nitrogens is 1. The number of ether oxygens (including phenoxy) is 1. The quantitative estimate of drug-likeness (QED) is 0.819. The molecule has 0 spiro atoms. The number of rotatable bonds is 7. The minimum atomic E-state index is -1.08. The van der Waals surface area contributed by atoms with Gasteiger partial charge in [-0.3, -0.25) is 9.78 Å². The van der Waals surface area contributed by atoms with Crippen LogP contribution in [0.25, 0.3) is 0 Å². The number of methoxy groups -OCH3 is 1. The van der Waals surface area contributed by atoms with Crippen molar-refractivity contribution in [2.75, 3.05) is 26.8 Å². The summed E-state index contributed by atoms with van der Waals surface area (Å²) in [6.07, 6.45) is 1.33. The summed E-state index contributed by atoms with van der Waals surface area (Å²) in [5.74, 6) is -1.05. The van der Waals surface area contributed by atoms with Gasteiger partial charge in [0.1, 0.15) is 5.69 Å².